The highest BCUT2D eigenvalue weighted by Gasteiger charge is 2.34. The van der Waals surface area contributed by atoms with E-state index in [-0.39, 0.29) is 5.82 Å². The molecule has 1 heterocycles. The van der Waals surface area contributed by atoms with Gasteiger partial charge in [0.15, 0.2) is 0 Å². The zero-order chi connectivity index (χ0) is 14.7. The maximum Gasteiger partial charge on any atom is 0.127 e. The minimum atomic E-state index is -0.0892. The molecule has 1 N–H and O–H groups in total. The Hall–Kier alpha value is -0.970. The normalized spacial score (nSPS) is 26.6. The summed E-state index contributed by atoms with van der Waals surface area (Å²) in [6.07, 6.45) is 5.23. The van der Waals surface area contributed by atoms with Crippen LogP contribution in [0.5, 0.6) is 0 Å². The summed E-state index contributed by atoms with van der Waals surface area (Å²) >= 11 is 0. The number of ether oxygens (including phenoxy) is 1. The highest BCUT2D eigenvalue weighted by Crippen LogP contribution is 2.29. The van der Waals surface area contributed by atoms with E-state index in [1.54, 1.807) is 6.07 Å². The molecular weight excluding hydrogens is 267 g/mol. The minimum Gasteiger partial charge on any atom is -0.375 e. The van der Waals surface area contributed by atoms with Crippen LogP contribution in [0.1, 0.15) is 36.8 Å². The van der Waals surface area contributed by atoms with Gasteiger partial charge >= 0.3 is 0 Å². The molecule has 1 aliphatic heterocycles. The average molecular weight is 292 g/mol. The number of nitrogens with one attached hydrogen (secondary N) is 1. The molecule has 0 amide bonds. The summed E-state index contributed by atoms with van der Waals surface area (Å²) in [7, 11) is 1.91. The molecule has 3 nitrogen and oxygen atoms in total. The smallest absolute Gasteiger partial charge is 0.127 e. The molecule has 0 bridgehead atoms. The molecule has 4 heteroatoms. The van der Waals surface area contributed by atoms with Crippen LogP contribution in [-0.4, -0.2) is 37.2 Å². The van der Waals surface area contributed by atoms with Gasteiger partial charge in [0.05, 0.1) is 12.7 Å². The maximum absolute atomic E-state index is 14.1. The van der Waals surface area contributed by atoms with Crippen molar-refractivity contribution in [1.82, 2.24) is 10.2 Å². The van der Waals surface area contributed by atoms with Crippen LogP contribution in [0.15, 0.2) is 18.2 Å². The summed E-state index contributed by atoms with van der Waals surface area (Å²) in [6, 6.07) is 5.93. The minimum absolute atomic E-state index is 0.0892. The molecule has 2 unspecified atom stereocenters. The van der Waals surface area contributed by atoms with Crippen molar-refractivity contribution in [3.8, 4) is 0 Å². The van der Waals surface area contributed by atoms with E-state index in [4.69, 9.17) is 4.74 Å². The number of nitrogens with zero attached hydrogens (tertiary/aromatic N) is 1. The quantitative estimate of drug-likeness (QED) is 0.923. The van der Waals surface area contributed by atoms with Crippen molar-refractivity contribution in [3.05, 3.63) is 35.1 Å². The molecule has 0 spiro atoms. The van der Waals surface area contributed by atoms with Crippen molar-refractivity contribution in [2.24, 2.45) is 0 Å². The Balaban J connectivity index is 1.74. The lowest BCUT2D eigenvalue weighted by molar-refractivity contribution is -0.0913. The third-order valence-corrected chi connectivity index (χ3v) is 4.71. The van der Waals surface area contributed by atoms with Crippen molar-refractivity contribution in [3.63, 3.8) is 0 Å². The van der Waals surface area contributed by atoms with Crippen LogP contribution >= 0.6 is 0 Å². The zero-order valence-electron chi connectivity index (χ0n) is 12.8. The summed E-state index contributed by atoms with van der Waals surface area (Å²) < 4.78 is 20.0. The Kier molecular flexibility index (Phi) is 4.88. The van der Waals surface area contributed by atoms with Crippen LogP contribution in [-0.2, 0) is 17.8 Å². The highest BCUT2D eigenvalue weighted by atomic mass is 19.1. The first-order valence-electron chi connectivity index (χ1n) is 8.05. The lowest BCUT2D eigenvalue weighted by Crippen LogP contribution is -2.52. The van der Waals surface area contributed by atoms with Crippen molar-refractivity contribution in [2.45, 2.75) is 50.9 Å². The second-order valence-electron chi connectivity index (χ2n) is 6.19. The lowest BCUT2D eigenvalue weighted by Gasteiger charge is -2.44. The van der Waals surface area contributed by atoms with Crippen LogP contribution in [0.4, 0.5) is 4.39 Å². The van der Waals surface area contributed by atoms with Crippen molar-refractivity contribution >= 4 is 0 Å². The van der Waals surface area contributed by atoms with Crippen molar-refractivity contribution < 1.29 is 9.13 Å². The van der Waals surface area contributed by atoms with E-state index in [0.29, 0.717) is 18.7 Å². The summed E-state index contributed by atoms with van der Waals surface area (Å²) in [5.74, 6) is -0.0892. The molecule has 1 aromatic rings. The second kappa shape index (κ2) is 6.86. The summed E-state index contributed by atoms with van der Waals surface area (Å²) in [4.78, 5) is 2.43. The fourth-order valence-corrected chi connectivity index (χ4v) is 3.66. The number of rotatable bonds is 4. The second-order valence-corrected chi connectivity index (χ2v) is 6.19. The fourth-order valence-electron chi connectivity index (χ4n) is 3.66. The molecule has 0 radical (unpaired) electrons. The van der Waals surface area contributed by atoms with Gasteiger partial charge in [-0.1, -0.05) is 25.0 Å². The number of halogens is 1. The van der Waals surface area contributed by atoms with E-state index < -0.39 is 0 Å². The van der Waals surface area contributed by atoms with Gasteiger partial charge in [0, 0.05) is 31.2 Å². The zero-order valence-corrected chi connectivity index (χ0v) is 12.8. The number of benzene rings is 1. The maximum atomic E-state index is 14.1. The van der Waals surface area contributed by atoms with Gasteiger partial charge in [-0.05, 0) is 31.5 Å². The van der Waals surface area contributed by atoms with Gasteiger partial charge in [0.25, 0.3) is 0 Å². The number of fused-ring (bicyclic) bond motifs is 1. The molecule has 116 valence electrons. The Morgan fingerprint density at radius 1 is 1.33 bits per heavy atom. The predicted octanol–water partition coefficient (Wildman–Crippen LogP) is 2.69. The number of hydrogen-bond acceptors (Lipinski definition) is 3. The molecule has 2 atom stereocenters. The Labute approximate surface area is 126 Å². The molecule has 2 aliphatic rings. The Morgan fingerprint density at radius 3 is 3.05 bits per heavy atom. The van der Waals surface area contributed by atoms with E-state index in [2.05, 4.69) is 10.2 Å². The van der Waals surface area contributed by atoms with E-state index in [1.165, 1.54) is 19.3 Å². The van der Waals surface area contributed by atoms with Gasteiger partial charge in [0.2, 0.25) is 0 Å². The summed E-state index contributed by atoms with van der Waals surface area (Å²) in [6.45, 7) is 3.17. The third kappa shape index (κ3) is 3.44. The largest absolute Gasteiger partial charge is 0.375 e. The van der Waals surface area contributed by atoms with Gasteiger partial charge in [-0.25, -0.2) is 4.39 Å². The van der Waals surface area contributed by atoms with Gasteiger partial charge < -0.3 is 10.1 Å². The molecule has 0 aromatic heterocycles. The topological polar surface area (TPSA) is 24.5 Å². The highest BCUT2D eigenvalue weighted by molar-refractivity contribution is 5.25. The molecule has 2 fully saturated rings. The first-order chi connectivity index (χ1) is 10.3. The summed E-state index contributed by atoms with van der Waals surface area (Å²) in [5.41, 5.74) is 1.95. The van der Waals surface area contributed by atoms with E-state index >= 15 is 0 Å². The van der Waals surface area contributed by atoms with Crippen molar-refractivity contribution in [1.29, 1.82) is 0 Å². The third-order valence-electron chi connectivity index (χ3n) is 4.71. The number of hydrogen-bond donors (Lipinski definition) is 1. The lowest BCUT2D eigenvalue weighted by atomic mass is 9.90. The molecule has 1 aromatic carbocycles. The van der Waals surface area contributed by atoms with E-state index in [0.717, 1.165) is 37.2 Å². The van der Waals surface area contributed by atoms with Crippen LogP contribution in [0.2, 0.25) is 0 Å². The molecule has 21 heavy (non-hydrogen) atoms. The van der Waals surface area contributed by atoms with Gasteiger partial charge in [-0.3, -0.25) is 4.90 Å². The van der Waals surface area contributed by atoms with Gasteiger partial charge in [-0.15, -0.1) is 0 Å². The van der Waals surface area contributed by atoms with Gasteiger partial charge in [-0.2, -0.15) is 0 Å². The van der Waals surface area contributed by atoms with Crippen LogP contribution < -0.4 is 5.32 Å². The standard InChI is InChI=1S/C17H25FN2O/c1-19-11-13-6-7-15(18)14(10-13)12-20-8-9-21-17-5-3-2-4-16(17)20/h6-7,10,16-17,19H,2-5,8-9,11-12H2,1H3. The van der Waals surface area contributed by atoms with Gasteiger partial charge in [0.1, 0.15) is 5.82 Å². The first kappa shape index (κ1) is 14.9. The Morgan fingerprint density at radius 2 is 2.19 bits per heavy atom. The first-order valence-corrected chi connectivity index (χ1v) is 8.05. The van der Waals surface area contributed by atoms with E-state index in [1.807, 2.05) is 19.2 Å². The summed E-state index contributed by atoms with van der Waals surface area (Å²) in [5, 5.41) is 3.12. The molecular formula is C17H25FN2O. The average Bonchev–Trinajstić information content (AvgIpc) is 2.51. The van der Waals surface area contributed by atoms with Crippen LogP contribution in [0.25, 0.3) is 0 Å². The number of morpholine rings is 1. The van der Waals surface area contributed by atoms with E-state index in [9.17, 15) is 4.39 Å². The Bertz CT molecular complexity index is 478. The molecule has 1 saturated carbocycles. The van der Waals surface area contributed by atoms with Crippen molar-refractivity contribution in [2.75, 3.05) is 20.2 Å². The fraction of sp³-hybridized carbons (Fsp3) is 0.647. The SMILES string of the molecule is CNCc1ccc(F)c(CN2CCOC3CCCCC32)c1. The predicted molar refractivity (Wildman–Crippen MR) is 81.6 cm³/mol. The molecule has 1 saturated heterocycles. The molecule has 3 rings (SSSR count). The molecule has 1 aliphatic carbocycles. The van der Waals surface area contributed by atoms with Crippen LogP contribution in [0.3, 0.4) is 0 Å². The monoisotopic (exact) mass is 292 g/mol. The van der Waals surface area contributed by atoms with Crippen LogP contribution in [0, 0.1) is 5.82 Å².